The van der Waals surface area contributed by atoms with E-state index in [0.29, 0.717) is 93.4 Å². The predicted octanol–water partition coefficient (Wildman–Crippen LogP) is 3.59. The molecule has 0 radical (unpaired) electrons. The zero-order valence-corrected chi connectivity index (χ0v) is 55.8. The first-order valence-corrected chi connectivity index (χ1v) is 37.8. The molecule has 0 saturated heterocycles. The van der Waals surface area contributed by atoms with Crippen LogP contribution in [0.4, 0.5) is 11.4 Å². The molecule has 5 rings (SSSR count). The summed E-state index contributed by atoms with van der Waals surface area (Å²) in [6, 6.07) is 1.53. The van der Waals surface area contributed by atoms with Gasteiger partial charge in [0.2, 0.25) is 29.5 Å². The largest absolute Gasteiger partial charge is 0.466 e. The van der Waals surface area contributed by atoms with Gasteiger partial charge in [0, 0.05) is 73.3 Å². The van der Waals surface area contributed by atoms with Gasteiger partial charge in [-0.3, -0.25) is 51.5 Å². The van der Waals surface area contributed by atoms with Gasteiger partial charge in [-0.25, -0.2) is 0 Å². The SMILES string of the molecule is CCOC(=O)CCCCCN1C2=CC=CC=CC3N(CCCCCC(=O)NCCCCCNC(=O)C(CS(=O)(=O)O)NC(=O)C(CS(=O)(=O)O)NC(=O)C(CS(=O)(=O)O)NC(=O)CCCCCC2(C)c2cc(S(=O)(=O)O)ccc21)c1ccc(S(=O)(=O)O)cc1C3(C)C. The second kappa shape index (κ2) is 33.1. The fraction of sp³-hybridized carbons (Fsp3) is 0.586. The number of benzene rings is 2. The quantitative estimate of drug-likeness (QED) is 0.0692. The van der Waals surface area contributed by atoms with Gasteiger partial charge >= 0.3 is 5.97 Å². The van der Waals surface area contributed by atoms with Crippen molar-refractivity contribution in [3.05, 3.63) is 83.6 Å². The van der Waals surface area contributed by atoms with E-state index in [1.165, 1.54) is 24.3 Å². The van der Waals surface area contributed by atoms with E-state index in [1.54, 1.807) is 31.2 Å². The predicted molar refractivity (Wildman–Crippen MR) is 339 cm³/mol. The first kappa shape index (κ1) is 76.3. The van der Waals surface area contributed by atoms with Gasteiger partial charge in [0.25, 0.3) is 50.6 Å². The van der Waals surface area contributed by atoms with Crippen LogP contribution < -0.4 is 36.4 Å². The third kappa shape index (κ3) is 23.3. The molecule has 0 spiro atoms. The third-order valence-electron chi connectivity index (χ3n) is 16.1. The van der Waals surface area contributed by atoms with Crippen LogP contribution in [0.2, 0.25) is 0 Å². The van der Waals surface area contributed by atoms with Gasteiger partial charge in [-0.05, 0) is 125 Å². The Hall–Kier alpha value is -6.37. The van der Waals surface area contributed by atoms with E-state index >= 15 is 0 Å². The second-order valence-electron chi connectivity index (χ2n) is 23.7. The zero-order chi connectivity index (χ0) is 68.5. The van der Waals surface area contributed by atoms with Crippen molar-refractivity contribution < 1.29 is 98.4 Å². The van der Waals surface area contributed by atoms with E-state index in [2.05, 4.69) is 20.9 Å². The van der Waals surface area contributed by atoms with Crippen LogP contribution in [0.5, 0.6) is 0 Å². The summed E-state index contributed by atoms with van der Waals surface area (Å²) in [4.78, 5) is 82.6. The highest BCUT2D eigenvalue weighted by molar-refractivity contribution is 7.86. The van der Waals surface area contributed by atoms with Crippen molar-refractivity contribution in [1.82, 2.24) is 26.6 Å². The Morgan fingerprint density at radius 1 is 0.576 bits per heavy atom. The van der Waals surface area contributed by atoms with Crippen molar-refractivity contribution in [2.24, 2.45) is 0 Å². The summed E-state index contributed by atoms with van der Waals surface area (Å²) in [5, 5.41) is 11.1. The minimum Gasteiger partial charge on any atom is -0.466 e. The van der Waals surface area contributed by atoms with Gasteiger partial charge in [0.15, 0.2) is 0 Å². The molecule has 5 atom stereocenters. The fourth-order valence-electron chi connectivity index (χ4n) is 11.5. The normalized spacial score (nSPS) is 23.0. The number of nitrogens with zero attached hydrogens (tertiary/aromatic N) is 2. The summed E-state index contributed by atoms with van der Waals surface area (Å²) in [6.07, 6.45) is 14.7. The number of esters is 1. The number of rotatable bonds is 15. The van der Waals surface area contributed by atoms with Crippen molar-refractivity contribution in [2.45, 2.75) is 175 Å². The molecular formula is C58H85N7O22S5. The highest BCUT2D eigenvalue weighted by Crippen LogP contribution is 2.52. The van der Waals surface area contributed by atoms with Gasteiger partial charge in [0.05, 0.1) is 22.4 Å². The molecule has 5 amide bonds. The number of allylic oxidation sites excluding steroid dienone is 5. The summed E-state index contributed by atoms with van der Waals surface area (Å²) in [7, 11) is -24.7. The molecule has 5 unspecified atom stereocenters. The number of hydrogen-bond acceptors (Lipinski definition) is 19. The lowest BCUT2D eigenvalue weighted by Crippen LogP contribution is -2.60. The maximum absolute atomic E-state index is 13.7. The van der Waals surface area contributed by atoms with Crippen molar-refractivity contribution >= 4 is 97.5 Å². The fourth-order valence-corrected chi connectivity index (χ4v) is 14.5. The molecule has 34 heteroatoms. The molecule has 2 aromatic rings. The van der Waals surface area contributed by atoms with Crippen LogP contribution in [-0.4, -0.2) is 175 Å². The van der Waals surface area contributed by atoms with Crippen LogP contribution >= 0.6 is 0 Å². The molecule has 0 bridgehead atoms. The number of carbonyl (C=O) groups is 6. The van der Waals surface area contributed by atoms with Gasteiger partial charge in [-0.15, -0.1) is 0 Å². The monoisotopic (exact) mass is 1390 g/mol. The van der Waals surface area contributed by atoms with Gasteiger partial charge in [0.1, 0.15) is 35.4 Å². The highest BCUT2D eigenvalue weighted by atomic mass is 32.2. The first-order chi connectivity index (χ1) is 42.8. The van der Waals surface area contributed by atoms with Crippen LogP contribution in [0.3, 0.4) is 0 Å². The summed E-state index contributed by atoms with van der Waals surface area (Å²) in [5.74, 6) is -10.6. The molecule has 514 valence electrons. The zero-order valence-electron chi connectivity index (χ0n) is 51.7. The molecule has 29 nitrogen and oxygen atoms in total. The van der Waals surface area contributed by atoms with Crippen molar-refractivity contribution in [3.63, 3.8) is 0 Å². The molecule has 0 fully saturated rings. The maximum atomic E-state index is 13.7. The Balaban J connectivity index is 1.51. The Kier molecular flexibility index (Phi) is 27.5. The smallest absolute Gasteiger partial charge is 0.305 e. The van der Waals surface area contributed by atoms with E-state index in [4.69, 9.17) is 4.74 Å². The molecule has 0 aliphatic carbocycles. The molecule has 92 heavy (non-hydrogen) atoms. The molecular weight excluding hydrogens is 1310 g/mol. The average molecular weight is 1390 g/mol. The highest BCUT2D eigenvalue weighted by Gasteiger charge is 2.45. The van der Waals surface area contributed by atoms with Crippen LogP contribution in [0, 0.1) is 0 Å². The van der Waals surface area contributed by atoms with Crippen LogP contribution in [0.1, 0.15) is 142 Å². The lowest BCUT2D eigenvalue weighted by Gasteiger charge is -2.32. The number of hydrogen-bond donors (Lipinski definition) is 10. The number of fused-ring (bicyclic) bond motifs is 6. The molecule has 3 heterocycles. The van der Waals surface area contributed by atoms with E-state index in [0.717, 1.165) is 5.69 Å². The average Bonchev–Trinajstić information content (AvgIpc) is 1.59. The Bertz CT molecular complexity index is 3690. The van der Waals surface area contributed by atoms with Gasteiger partial charge in [-0.2, -0.15) is 42.1 Å². The molecule has 3 aliphatic heterocycles. The van der Waals surface area contributed by atoms with Crippen molar-refractivity contribution in [3.8, 4) is 0 Å². The van der Waals surface area contributed by atoms with Gasteiger partial charge in [-0.1, -0.05) is 63.8 Å². The Morgan fingerprint density at radius 2 is 1.10 bits per heavy atom. The Labute approximate surface area is 538 Å². The Morgan fingerprint density at radius 3 is 1.67 bits per heavy atom. The minimum absolute atomic E-state index is 0.0609. The summed E-state index contributed by atoms with van der Waals surface area (Å²) in [6.45, 7) is 8.72. The van der Waals surface area contributed by atoms with E-state index < -0.39 is 127 Å². The summed E-state index contributed by atoms with van der Waals surface area (Å²) < 4.78 is 177. The lowest BCUT2D eigenvalue weighted by molar-refractivity contribution is -0.143. The van der Waals surface area contributed by atoms with Crippen LogP contribution in [-0.2, 0) is 94.9 Å². The topological polar surface area (TPSA) is 450 Å². The number of anilines is 2. The van der Waals surface area contributed by atoms with E-state index in [9.17, 15) is 93.6 Å². The molecule has 3 aliphatic rings. The van der Waals surface area contributed by atoms with Crippen LogP contribution in [0.25, 0.3) is 0 Å². The summed E-state index contributed by atoms with van der Waals surface area (Å²) in [5.41, 5.74) is 1.55. The number of unbranched alkanes of at least 4 members (excludes halogenated alkanes) is 2. The van der Waals surface area contributed by atoms with Gasteiger partial charge < -0.3 is 41.1 Å². The third-order valence-corrected chi connectivity index (χ3v) is 20.1. The van der Waals surface area contributed by atoms with E-state index in [1.807, 2.05) is 54.5 Å². The molecule has 0 saturated carbocycles. The minimum atomic E-state index is -5.23. The van der Waals surface area contributed by atoms with Crippen molar-refractivity contribution in [1.29, 1.82) is 0 Å². The molecule has 0 aromatic heterocycles. The first-order valence-electron chi connectivity index (χ1n) is 30.1. The number of ether oxygens (including phenoxy) is 1. The number of nitrogens with one attached hydrogen (secondary N) is 5. The van der Waals surface area contributed by atoms with E-state index in [-0.39, 0.29) is 85.9 Å². The molecule has 10 N–H and O–H groups in total. The second-order valence-corrected chi connectivity index (χ2v) is 31.0. The standard InChI is InChI=1S/C58H85N7O22S5/c1-5-87-53(68)25-15-9-20-34-65-48-29-27-41(92(84,85)86)36-43(48)58(4)30-16-7-13-24-52(67)61-45(38-89(75,76)77)55(70)63-46(39-90(78,79)80)56(71)62-44(37-88(72,73)74)54(69)60-32-18-10-17-31-59-51(66)23-14-8-19-33-64-47-28-26-40(91(81,82)83)35-42(47)57(2,3)49(64)21-11-6-12-22-50(58)65/h6,11-12,21-22,26-29,35-36,44-46,49H,5,7-10,13-20,23-25,30-34,37-39H2,1-4H3,(H,59,66)(H,60,69)(H,61,67)(H,62,71)(H,63,70)(H,72,73,74)(H,75,76,77)(H,78,79,80)(H,81,82,83)(H,84,85,86). The maximum Gasteiger partial charge on any atom is 0.305 e. The van der Waals surface area contributed by atoms with Crippen molar-refractivity contribution in [2.75, 3.05) is 59.8 Å². The molecule has 2 aromatic carbocycles. The lowest BCUT2D eigenvalue weighted by atomic mass is 9.77. The van der Waals surface area contributed by atoms with Crippen LogP contribution in [0.15, 0.2) is 82.3 Å². The summed E-state index contributed by atoms with van der Waals surface area (Å²) >= 11 is 0. The number of amides is 5. The number of carbonyl (C=O) groups excluding carboxylic acids is 6.